The average molecular weight is 297 g/mol. The van der Waals surface area contributed by atoms with Crippen LogP contribution in [-0.2, 0) is 0 Å². The Kier molecular flexibility index (Phi) is 3.59. The van der Waals surface area contributed by atoms with Crippen molar-refractivity contribution in [2.24, 2.45) is 11.8 Å². The highest BCUT2D eigenvalue weighted by Crippen LogP contribution is 2.37. The summed E-state index contributed by atoms with van der Waals surface area (Å²) in [6, 6.07) is 15.2. The summed E-state index contributed by atoms with van der Waals surface area (Å²) < 4.78 is 20.5. The molecule has 1 saturated carbocycles. The Hall–Kier alpha value is -1.87. The van der Waals surface area contributed by atoms with Gasteiger partial charge in [0.05, 0.1) is 0 Å². The van der Waals surface area contributed by atoms with Crippen molar-refractivity contribution in [3.63, 3.8) is 0 Å². The molecular formula is C19H20FNO. The molecule has 2 aromatic carbocycles. The molecule has 2 aromatic rings. The van der Waals surface area contributed by atoms with Crippen LogP contribution in [0.15, 0.2) is 48.5 Å². The van der Waals surface area contributed by atoms with Crippen molar-refractivity contribution in [3.05, 3.63) is 54.3 Å². The molecule has 4 rings (SSSR count). The van der Waals surface area contributed by atoms with Crippen molar-refractivity contribution in [2.75, 3.05) is 13.1 Å². The lowest BCUT2D eigenvalue weighted by Crippen LogP contribution is -2.44. The number of hydrogen-bond donors (Lipinski definition) is 1. The van der Waals surface area contributed by atoms with E-state index in [1.807, 2.05) is 36.4 Å². The fourth-order valence-electron chi connectivity index (χ4n) is 3.78. The number of fused-ring (bicyclic) bond motifs is 2. The van der Waals surface area contributed by atoms with E-state index in [9.17, 15) is 4.39 Å². The van der Waals surface area contributed by atoms with E-state index < -0.39 is 0 Å². The van der Waals surface area contributed by atoms with Crippen molar-refractivity contribution >= 4 is 0 Å². The van der Waals surface area contributed by atoms with E-state index in [-0.39, 0.29) is 11.9 Å². The first-order chi connectivity index (χ1) is 10.8. The highest BCUT2D eigenvalue weighted by molar-refractivity contribution is 5.64. The van der Waals surface area contributed by atoms with Crippen molar-refractivity contribution < 1.29 is 9.13 Å². The highest BCUT2D eigenvalue weighted by atomic mass is 19.1. The van der Waals surface area contributed by atoms with Crippen LogP contribution in [-0.4, -0.2) is 19.2 Å². The summed E-state index contributed by atoms with van der Waals surface area (Å²) in [5.41, 5.74) is 1.91. The van der Waals surface area contributed by atoms with Gasteiger partial charge >= 0.3 is 0 Å². The Morgan fingerprint density at radius 3 is 2.32 bits per heavy atom. The summed E-state index contributed by atoms with van der Waals surface area (Å²) in [5.74, 6) is 1.17. The molecule has 0 aromatic heterocycles. The van der Waals surface area contributed by atoms with E-state index in [2.05, 4.69) is 5.32 Å². The van der Waals surface area contributed by atoms with Crippen LogP contribution in [0.1, 0.15) is 12.8 Å². The number of ether oxygens (including phenoxy) is 1. The molecule has 2 bridgehead atoms. The van der Waals surface area contributed by atoms with Crippen molar-refractivity contribution in [1.29, 1.82) is 0 Å². The number of piperidine rings is 1. The number of halogens is 1. The molecule has 0 amide bonds. The molecule has 22 heavy (non-hydrogen) atoms. The average Bonchev–Trinajstić information content (AvgIpc) is 2.78. The van der Waals surface area contributed by atoms with Crippen molar-refractivity contribution in [2.45, 2.75) is 18.9 Å². The molecule has 2 atom stereocenters. The Morgan fingerprint density at radius 1 is 0.909 bits per heavy atom. The number of rotatable bonds is 3. The number of hydrogen-bond acceptors (Lipinski definition) is 2. The largest absolute Gasteiger partial charge is 0.487 e. The van der Waals surface area contributed by atoms with Gasteiger partial charge in [0, 0.05) is 24.9 Å². The van der Waals surface area contributed by atoms with Gasteiger partial charge in [-0.3, -0.25) is 0 Å². The monoisotopic (exact) mass is 297 g/mol. The predicted octanol–water partition coefficient (Wildman–Crippen LogP) is 3.87. The SMILES string of the molecule is Fc1cc(-c2ccccc2)ccc1OC1C2CCC1CNC2. The van der Waals surface area contributed by atoms with Gasteiger partial charge in [-0.1, -0.05) is 36.4 Å². The Balaban J connectivity index is 1.56. The second-order valence-electron chi connectivity index (χ2n) is 6.35. The molecule has 0 spiro atoms. The minimum atomic E-state index is -0.265. The summed E-state index contributed by atoms with van der Waals surface area (Å²) in [5, 5.41) is 3.43. The number of benzene rings is 2. The van der Waals surface area contributed by atoms with Gasteiger partial charge in [0.25, 0.3) is 0 Å². The van der Waals surface area contributed by atoms with Crippen LogP contribution in [0.4, 0.5) is 4.39 Å². The zero-order valence-corrected chi connectivity index (χ0v) is 12.5. The van der Waals surface area contributed by atoms with E-state index >= 15 is 0 Å². The maximum absolute atomic E-state index is 14.4. The molecule has 2 fully saturated rings. The smallest absolute Gasteiger partial charge is 0.165 e. The molecule has 1 heterocycles. The van der Waals surface area contributed by atoms with Gasteiger partial charge in [0.15, 0.2) is 11.6 Å². The second kappa shape index (κ2) is 5.73. The maximum Gasteiger partial charge on any atom is 0.165 e. The third kappa shape index (κ3) is 2.50. The van der Waals surface area contributed by atoms with Gasteiger partial charge in [0.2, 0.25) is 0 Å². The number of nitrogens with one attached hydrogen (secondary N) is 1. The second-order valence-corrected chi connectivity index (χ2v) is 6.35. The van der Waals surface area contributed by atoms with Gasteiger partial charge in [-0.2, -0.15) is 0 Å². The summed E-state index contributed by atoms with van der Waals surface area (Å²) in [6.45, 7) is 1.98. The van der Waals surface area contributed by atoms with Crippen molar-refractivity contribution in [3.8, 4) is 16.9 Å². The lowest BCUT2D eigenvalue weighted by molar-refractivity contribution is 0.0890. The van der Waals surface area contributed by atoms with Gasteiger partial charge in [-0.05, 0) is 36.1 Å². The molecule has 1 aliphatic carbocycles. The summed E-state index contributed by atoms with van der Waals surface area (Å²) >= 11 is 0. The van der Waals surface area contributed by atoms with Crippen LogP contribution in [0.3, 0.4) is 0 Å². The minimum absolute atomic E-state index is 0.165. The zero-order chi connectivity index (χ0) is 14.9. The van der Waals surface area contributed by atoms with Gasteiger partial charge in [-0.15, -0.1) is 0 Å². The van der Waals surface area contributed by atoms with Crippen LogP contribution in [0.25, 0.3) is 11.1 Å². The molecule has 0 radical (unpaired) electrons. The summed E-state index contributed by atoms with van der Waals surface area (Å²) in [6.07, 6.45) is 2.54. The molecule has 114 valence electrons. The standard InChI is InChI=1S/C19H20FNO/c20-17-10-14(13-4-2-1-3-5-13)8-9-18(17)22-19-15-6-7-16(19)12-21-11-15/h1-5,8-10,15-16,19,21H,6-7,11-12H2. The summed E-state index contributed by atoms with van der Waals surface area (Å²) in [7, 11) is 0. The Morgan fingerprint density at radius 2 is 1.64 bits per heavy atom. The topological polar surface area (TPSA) is 21.3 Å². The minimum Gasteiger partial charge on any atom is -0.487 e. The Labute approximate surface area is 130 Å². The third-order valence-electron chi connectivity index (χ3n) is 4.95. The lowest BCUT2D eigenvalue weighted by Gasteiger charge is -2.31. The molecule has 2 unspecified atom stereocenters. The maximum atomic E-state index is 14.4. The molecule has 1 aliphatic heterocycles. The molecule has 2 nitrogen and oxygen atoms in total. The fourth-order valence-corrected chi connectivity index (χ4v) is 3.78. The fraction of sp³-hybridized carbons (Fsp3) is 0.368. The van der Waals surface area contributed by atoms with E-state index in [0.29, 0.717) is 17.6 Å². The first-order valence-electron chi connectivity index (χ1n) is 8.03. The quantitative estimate of drug-likeness (QED) is 0.928. The van der Waals surface area contributed by atoms with Crippen molar-refractivity contribution in [1.82, 2.24) is 5.32 Å². The first kappa shape index (κ1) is 13.8. The van der Waals surface area contributed by atoms with E-state index in [1.165, 1.54) is 12.8 Å². The molecule has 2 aliphatic rings. The Bertz CT molecular complexity index is 642. The normalized spacial score (nSPS) is 26.9. The van der Waals surface area contributed by atoms with E-state index in [4.69, 9.17) is 4.74 Å². The van der Waals surface area contributed by atoms with Crippen LogP contribution < -0.4 is 10.1 Å². The molecule has 1 N–H and O–H groups in total. The van der Waals surface area contributed by atoms with E-state index in [1.54, 1.807) is 12.1 Å². The van der Waals surface area contributed by atoms with Gasteiger partial charge < -0.3 is 10.1 Å². The first-order valence-corrected chi connectivity index (χ1v) is 8.03. The summed E-state index contributed by atoms with van der Waals surface area (Å²) in [4.78, 5) is 0. The van der Waals surface area contributed by atoms with Gasteiger partial charge in [-0.25, -0.2) is 4.39 Å². The van der Waals surface area contributed by atoms with Crippen LogP contribution >= 0.6 is 0 Å². The molecule has 3 heteroatoms. The highest BCUT2D eigenvalue weighted by Gasteiger charge is 2.40. The van der Waals surface area contributed by atoms with Crippen LogP contribution in [0.2, 0.25) is 0 Å². The predicted molar refractivity (Wildman–Crippen MR) is 85.3 cm³/mol. The lowest BCUT2D eigenvalue weighted by atomic mass is 9.96. The molecular weight excluding hydrogens is 277 g/mol. The van der Waals surface area contributed by atoms with Gasteiger partial charge in [0.1, 0.15) is 6.10 Å². The third-order valence-corrected chi connectivity index (χ3v) is 4.95. The van der Waals surface area contributed by atoms with Crippen LogP contribution in [0, 0.1) is 17.7 Å². The molecule has 1 saturated heterocycles. The zero-order valence-electron chi connectivity index (χ0n) is 12.5. The van der Waals surface area contributed by atoms with E-state index in [0.717, 1.165) is 24.2 Å². The van der Waals surface area contributed by atoms with Crippen LogP contribution in [0.5, 0.6) is 5.75 Å².